The Morgan fingerprint density at radius 3 is 3.00 bits per heavy atom. The van der Waals surface area contributed by atoms with Crippen molar-refractivity contribution in [3.63, 3.8) is 0 Å². The van der Waals surface area contributed by atoms with E-state index in [1.807, 2.05) is 0 Å². The molecule has 0 bridgehead atoms. The lowest BCUT2D eigenvalue weighted by Gasteiger charge is -2.13. The Hall–Kier alpha value is -0.160. The molecule has 15 heavy (non-hydrogen) atoms. The summed E-state index contributed by atoms with van der Waals surface area (Å²) in [4.78, 5) is 1.36. The van der Waals surface area contributed by atoms with Gasteiger partial charge in [0.15, 0.2) is 0 Å². The molecule has 1 N–H and O–H groups in total. The van der Waals surface area contributed by atoms with Gasteiger partial charge in [-0.05, 0) is 40.1 Å². The van der Waals surface area contributed by atoms with Gasteiger partial charge in [-0.25, -0.2) is 0 Å². The van der Waals surface area contributed by atoms with E-state index in [9.17, 15) is 0 Å². The predicted octanol–water partition coefficient (Wildman–Crippen LogP) is 2.95. The first-order valence-corrected chi connectivity index (χ1v) is 6.66. The van der Waals surface area contributed by atoms with E-state index in [4.69, 9.17) is 4.74 Å². The Balaban J connectivity index is 1.72. The first-order valence-electron chi connectivity index (χ1n) is 5.05. The van der Waals surface area contributed by atoms with Crippen LogP contribution in [0.1, 0.15) is 11.3 Å². The van der Waals surface area contributed by atoms with Gasteiger partial charge in [-0.2, -0.15) is 0 Å². The fourth-order valence-electron chi connectivity index (χ4n) is 1.52. The molecule has 0 saturated carbocycles. The van der Waals surface area contributed by atoms with Gasteiger partial charge in [0.1, 0.15) is 0 Å². The summed E-state index contributed by atoms with van der Waals surface area (Å²) in [6, 6.07) is 4.23. The number of ether oxygens (including phenoxy) is 1. The minimum Gasteiger partial charge on any atom is -0.377 e. The molecular weight excluding hydrogens is 274 g/mol. The third kappa shape index (κ3) is 3.72. The molecule has 82 valence electrons. The molecule has 1 aliphatic rings. The zero-order valence-corrected chi connectivity index (χ0v) is 10.9. The number of rotatable bonds is 4. The largest absolute Gasteiger partial charge is 0.377 e. The smallest absolute Gasteiger partial charge is 0.0701 e. The molecule has 0 atom stereocenters. The molecule has 0 radical (unpaired) electrons. The van der Waals surface area contributed by atoms with Crippen molar-refractivity contribution in [1.29, 1.82) is 0 Å². The molecule has 0 spiro atoms. The highest BCUT2D eigenvalue weighted by Gasteiger charge is 2.03. The average Bonchev–Trinajstić information content (AvgIpc) is 2.66. The van der Waals surface area contributed by atoms with E-state index in [0.717, 1.165) is 32.7 Å². The van der Waals surface area contributed by atoms with E-state index < -0.39 is 0 Å². The van der Waals surface area contributed by atoms with Crippen molar-refractivity contribution in [2.45, 2.75) is 13.0 Å². The Morgan fingerprint density at radius 2 is 2.33 bits per heavy atom. The van der Waals surface area contributed by atoms with Crippen molar-refractivity contribution in [2.75, 3.05) is 19.8 Å². The summed E-state index contributed by atoms with van der Waals surface area (Å²) in [5, 5.41) is 3.43. The van der Waals surface area contributed by atoms with Crippen molar-refractivity contribution < 1.29 is 4.74 Å². The van der Waals surface area contributed by atoms with Crippen LogP contribution in [0, 0.1) is 0 Å². The van der Waals surface area contributed by atoms with Gasteiger partial charge in [-0.3, -0.25) is 0 Å². The molecule has 4 heteroatoms. The van der Waals surface area contributed by atoms with Gasteiger partial charge in [0.2, 0.25) is 0 Å². The molecule has 0 unspecified atom stereocenters. The van der Waals surface area contributed by atoms with Gasteiger partial charge in [0.25, 0.3) is 0 Å². The monoisotopic (exact) mass is 287 g/mol. The van der Waals surface area contributed by atoms with Crippen LogP contribution in [0.2, 0.25) is 0 Å². The molecule has 2 heterocycles. The second-order valence-corrected chi connectivity index (χ2v) is 6.06. The van der Waals surface area contributed by atoms with Crippen LogP contribution in [0.3, 0.4) is 0 Å². The molecule has 0 fully saturated rings. The van der Waals surface area contributed by atoms with Crippen LogP contribution < -0.4 is 5.32 Å². The maximum absolute atomic E-state index is 5.38. The van der Waals surface area contributed by atoms with Crippen LogP contribution in [0.15, 0.2) is 27.6 Å². The van der Waals surface area contributed by atoms with Crippen LogP contribution in [-0.4, -0.2) is 19.8 Å². The highest BCUT2D eigenvalue weighted by atomic mass is 79.9. The van der Waals surface area contributed by atoms with Crippen LogP contribution in [0.25, 0.3) is 0 Å². The molecule has 2 rings (SSSR count). The van der Waals surface area contributed by atoms with Crippen LogP contribution in [0.5, 0.6) is 0 Å². The Bertz CT molecular complexity index is 348. The van der Waals surface area contributed by atoms with Crippen molar-refractivity contribution in [1.82, 2.24) is 5.32 Å². The third-order valence-electron chi connectivity index (χ3n) is 2.26. The molecule has 0 aromatic carbocycles. The van der Waals surface area contributed by atoms with Crippen LogP contribution >= 0.6 is 27.3 Å². The second kappa shape index (κ2) is 5.80. The molecular formula is C11H14BrNOS. The van der Waals surface area contributed by atoms with Crippen LogP contribution in [0.4, 0.5) is 0 Å². The highest BCUT2D eigenvalue weighted by Crippen LogP contribution is 2.21. The summed E-state index contributed by atoms with van der Waals surface area (Å²) >= 11 is 5.24. The summed E-state index contributed by atoms with van der Waals surface area (Å²) in [5.74, 6) is 0. The zero-order valence-electron chi connectivity index (χ0n) is 8.46. The van der Waals surface area contributed by atoms with E-state index in [-0.39, 0.29) is 0 Å². The lowest BCUT2D eigenvalue weighted by molar-refractivity contribution is 0.149. The lowest BCUT2D eigenvalue weighted by Crippen LogP contribution is -2.20. The third-order valence-corrected chi connectivity index (χ3v) is 3.89. The topological polar surface area (TPSA) is 21.3 Å². The van der Waals surface area contributed by atoms with Gasteiger partial charge in [0, 0.05) is 18.0 Å². The van der Waals surface area contributed by atoms with E-state index in [2.05, 4.69) is 39.5 Å². The molecule has 1 aromatic heterocycles. The minimum atomic E-state index is 0.793. The van der Waals surface area contributed by atoms with Crippen molar-refractivity contribution in [3.05, 3.63) is 32.4 Å². The normalized spacial score (nSPS) is 16.5. The van der Waals surface area contributed by atoms with E-state index in [0.29, 0.717) is 0 Å². The minimum absolute atomic E-state index is 0.793. The quantitative estimate of drug-likeness (QED) is 0.860. The fraction of sp³-hybridized carbons (Fsp3) is 0.455. The van der Waals surface area contributed by atoms with Gasteiger partial charge in [0.05, 0.1) is 17.0 Å². The summed E-state index contributed by atoms with van der Waals surface area (Å²) in [6.45, 7) is 3.55. The second-order valence-electron chi connectivity index (χ2n) is 3.51. The Morgan fingerprint density at radius 1 is 1.40 bits per heavy atom. The zero-order chi connectivity index (χ0) is 10.5. The predicted molar refractivity (Wildman–Crippen MR) is 67.2 cm³/mol. The van der Waals surface area contributed by atoms with Crippen molar-refractivity contribution >= 4 is 27.3 Å². The highest BCUT2D eigenvalue weighted by molar-refractivity contribution is 9.11. The molecule has 1 aromatic rings. The molecule has 0 saturated heterocycles. The molecule has 0 amide bonds. The van der Waals surface area contributed by atoms with Crippen LogP contribution in [-0.2, 0) is 11.3 Å². The summed E-state index contributed by atoms with van der Waals surface area (Å²) < 4.78 is 6.57. The molecule has 1 aliphatic heterocycles. The number of hydrogen-bond acceptors (Lipinski definition) is 3. The lowest BCUT2D eigenvalue weighted by atomic mass is 10.2. The standard InChI is InChI=1S/C11H14BrNOS/c12-11-4-3-10(15-11)7-13-6-9-2-1-5-14-8-9/h2-4,13H,1,5-8H2. The average molecular weight is 288 g/mol. The van der Waals surface area contributed by atoms with Crippen molar-refractivity contribution in [2.24, 2.45) is 0 Å². The van der Waals surface area contributed by atoms with Gasteiger partial charge < -0.3 is 10.1 Å². The first-order chi connectivity index (χ1) is 7.34. The number of halogens is 1. The number of thiophene rings is 1. The fourth-order valence-corrected chi connectivity index (χ4v) is 2.98. The van der Waals surface area contributed by atoms with Gasteiger partial charge in [-0.1, -0.05) is 6.08 Å². The summed E-state index contributed by atoms with van der Waals surface area (Å²) in [6.07, 6.45) is 3.34. The Labute approximate surface area is 102 Å². The Kier molecular flexibility index (Phi) is 4.38. The molecule has 0 aliphatic carbocycles. The summed E-state index contributed by atoms with van der Waals surface area (Å²) in [7, 11) is 0. The van der Waals surface area contributed by atoms with E-state index in [1.54, 1.807) is 11.3 Å². The first kappa shape index (κ1) is 11.3. The van der Waals surface area contributed by atoms with E-state index in [1.165, 1.54) is 14.2 Å². The van der Waals surface area contributed by atoms with E-state index >= 15 is 0 Å². The maximum atomic E-state index is 5.38. The van der Waals surface area contributed by atoms with Crippen molar-refractivity contribution in [3.8, 4) is 0 Å². The molecule has 2 nitrogen and oxygen atoms in total. The number of hydrogen-bond donors (Lipinski definition) is 1. The van der Waals surface area contributed by atoms with Gasteiger partial charge in [-0.15, -0.1) is 11.3 Å². The SMILES string of the molecule is Brc1ccc(CNCC2=CCCOC2)s1. The maximum Gasteiger partial charge on any atom is 0.0701 e. The summed E-state index contributed by atoms with van der Waals surface area (Å²) in [5.41, 5.74) is 1.37. The van der Waals surface area contributed by atoms with Gasteiger partial charge >= 0.3 is 0 Å². The number of nitrogens with one attached hydrogen (secondary N) is 1.